The van der Waals surface area contributed by atoms with E-state index in [0.717, 1.165) is 11.5 Å². The Morgan fingerprint density at radius 3 is 2.29 bits per heavy atom. The molecule has 0 atom stereocenters. The maximum Gasteiger partial charge on any atom is 1.00 e. The second-order valence-electron chi connectivity index (χ2n) is 5.98. The first kappa shape index (κ1) is 17.5. The molecule has 1 aliphatic carbocycles. The van der Waals surface area contributed by atoms with Crippen LogP contribution in [0.3, 0.4) is 0 Å². The molecule has 0 nitrogen and oxygen atoms in total. The molecule has 0 unspecified atom stereocenters. The van der Waals surface area contributed by atoms with Crippen molar-refractivity contribution in [1.82, 2.24) is 0 Å². The van der Waals surface area contributed by atoms with E-state index in [4.69, 9.17) is 0 Å². The Kier molecular flexibility index (Phi) is 6.80. The summed E-state index contributed by atoms with van der Waals surface area (Å²) in [6.07, 6.45) is 4.92. The van der Waals surface area contributed by atoms with Crippen molar-refractivity contribution in [3.8, 4) is 11.1 Å². The van der Waals surface area contributed by atoms with Crippen LogP contribution < -0.4 is 58.2 Å². The van der Waals surface area contributed by atoms with Gasteiger partial charge < -0.3 is 0 Å². The molecule has 2 aromatic carbocycles. The van der Waals surface area contributed by atoms with Gasteiger partial charge in [0.25, 0.3) is 0 Å². The van der Waals surface area contributed by atoms with Crippen molar-refractivity contribution >= 4 is 0 Å². The Balaban J connectivity index is 0.00000161. The summed E-state index contributed by atoms with van der Waals surface area (Å²) in [6, 6.07) is 16.2. The van der Waals surface area contributed by atoms with Gasteiger partial charge in [0.2, 0.25) is 0 Å². The zero-order valence-corrected chi connectivity index (χ0v) is 17.8. The van der Waals surface area contributed by atoms with Crippen molar-refractivity contribution in [3.05, 3.63) is 59.9 Å². The predicted octanol–water partition coefficient (Wildman–Crippen LogP) is 2.59. The van der Waals surface area contributed by atoms with Gasteiger partial charge in [-0.1, -0.05) is 31.9 Å². The van der Waals surface area contributed by atoms with Crippen molar-refractivity contribution in [2.75, 3.05) is 0 Å². The Morgan fingerprint density at radius 1 is 1.00 bits per heavy atom. The fraction of sp³-hybridized carbons (Fsp3) is 0.368. The van der Waals surface area contributed by atoms with E-state index in [-0.39, 0.29) is 64.0 Å². The molecule has 0 radical (unpaired) electrons. The second-order valence-corrected chi connectivity index (χ2v) is 5.98. The van der Waals surface area contributed by atoms with Crippen LogP contribution in [0.2, 0.25) is 0 Å². The van der Waals surface area contributed by atoms with E-state index in [1.807, 2.05) is 30.3 Å². The summed E-state index contributed by atoms with van der Waals surface area (Å²) in [7, 11) is 0. The van der Waals surface area contributed by atoms with E-state index < -0.39 is 0 Å². The standard InChI is InChI=1S/C19H20F.Rb/c1-14-7-9-15(10-8-14)17-11-12-18(19(20)13-17)16-5-3-2-4-6-16;/h3-6,11-15H,7-10H2,1H3;/q-1;+1. The molecule has 21 heavy (non-hydrogen) atoms. The molecular formula is C19H20FRb. The van der Waals surface area contributed by atoms with Crippen LogP contribution in [0.25, 0.3) is 11.1 Å². The number of rotatable bonds is 2. The topological polar surface area (TPSA) is 0 Å². The first-order chi connectivity index (χ1) is 9.74. The molecule has 3 rings (SSSR count). The van der Waals surface area contributed by atoms with Gasteiger partial charge in [0.1, 0.15) is 5.82 Å². The van der Waals surface area contributed by atoms with Crippen LogP contribution in [0.15, 0.2) is 42.5 Å². The Morgan fingerprint density at radius 2 is 1.67 bits per heavy atom. The van der Waals surface area contributed by atoms with E-state index >= 15 is 0 Å². The molecule has 0 bridgehead atoms. The quantitative estimate of drug-likeness (QED) is 0.729. The average Bonchev–Trinajstić information content (AvgIpc) is 2.49. The van der Waals surface area contributed by atoms with Gasteiger partial charge in [-0.15, -0.1) is 5.56 Å². The third kappa shape index (κ3) is 4.34. The van der Waals surface area contributed by atoms with E-state index in [1.165, 1.54) is 31.2 Å². The number of benzene rings is 2. The van der Waals surface area contributed by atoms with E-state index in [2.05, 4.69) is 19.1 Å². The minimum absolute atomic E-state index is 0. The fourth-order valence-corrected chi connectivity index (χ4v) is 3.18. The molecule has 0 heterocycles. The molecule has 1 fully saturated rings. The maximum atomic E-state index is 14.4. The SMILES string of the molecule is CC1CCC(c2ccc(-c3cc[c-]cc3)c(F)c2)CC1.[Rb+]. The number of hydrogen-bond donors (Lipinski definition) is 0. The van der Waals surface area contributed by atoms with Crippen molar-refractivity contribution in [2.24, 2.45) is 5.92 Å². The molecule has 104 valence electrons. The molecule has 0 amide bonds. The molecule has 0 spiro atoms. The van der Waals surface area contributed by atoms with Crippen LogP contribution in [0.5, 0.6) is 0 Å². The summed E-state index contributed by atoms with van der Waals surface area (Å²) in [4.78, 5) is 0. The molecule has 1 aliphatic rings. The summed E-state index contributed by atoms with van der Waals surface area (Å²) in [6.45, 7) is 2.31. The Bertz CT molecular complexity index is 571. The van der Waals surface area contributed by atoms with Gasteiger partial charge in [-0.2, -0.15) is 30.3 Å². The van der Waals surface area contributed by atoms with Crippen molar-refractivity contribution in [1.29, 1.82) is 0 Å². The predicted molar refractivity (Wildman–Crippen MR) is 81.0 cm³/mol. The van der Waals surface area contributed by atoms with E-state index in [9.17, 15) is 4.39 Å². The van der Waals surface area contributed by atoms with Crippen molar-refractivity contribution in [3.63, 3.8) is 0 Å². The maximum absolute atomic E-state index is 14.4. The molecule has 0 aromatic heterocycles. The smallest absolute Gasteiger partial charge is 0.206 e. The largest absolute Gasteiger partial charge is 1.00 e. The molecule has 2 aromatic rings. The van der Waals surface area contributed by atoms with Gasteiger partial charge >= 0.3 is 58.2 Å². The first-order valence-electron chi connectivity index (χ1n) is 7.50. The van der Waals surface area contributed by atoms with Crippen LogP contribution in [-0.2, 0) is 0 Å². The zero-order valence-electron chi connectivity index (χ0n) is 12.9. The molecule has 0 saturated heterocycles. The number of halogens is 1. The third-order valence-electron chi connectivity index (χ3n) is 4.51. The van der Waals surface area contributed by atoms with Gasteiger partial charge in [0.05, 0.1) is 0 Å². The average molecular weight is 353 g/mol. The van der Waals surface area contributed by atoms with Gasteiger partial charge in [-0.3, -0.25) is 0 Å². The van der Waals surface area contributed by atoms with E-state index in [0.29, 0.717) is 11.5 Å². The van der Waals surface area contributed by atoms with Gasteiger partial charge in [0.15, 0.2) is 0 Å². The molecule has 1 saturated carbocycles. The summed E-state index contributed by atoms with van der Waals surface area (Å²) in [5.41, 5.74) is 2.78. The molecule has 2 heteroatoms. The van der Waals surface area contributed by atoms with Crippen LogP contribution in [-0.4, -0.2) is 0 Å². The molecule has 0 N–H and O–H groups in total. The normalized spacial score (nSPS) is 21.6. The number of hydrogen-bond acceptors (Lipinski definition) is 0. The fourth-order valence-electron chi connectivity index (χ4n) is 3.18. The van der Waals surface area contributed by atoms with Crippen molar-refractivity contribution in [2.45, 2.75) is 38.5 Å². The molecule has 0 aliphatic heterocycles. The van der Waals surface area contributed by atoms with Crippen molar-refractivity contribution < 1.29 is 62.6 Å². The van der Waals surface area contributed by atoms with Crippen LogP contribution >= 0.6 is 0 Å². The summed E-state index contributed by atoms with van der Waals surface area (Å²) < 4.78 is 14.4. The molecular weight excluding hydrogens is 333 g/mol. The van der Waals surface area contributed by atoms with Gasteiger partial charge in [-0.05, 0) is 41.9 Å². The Labute approximate surface area is 175 Å². The summed E-state index contributed by atoms with van der Waals surface area (Å²) >= 11 is 0. The monoisotopic (exact) mass is 352 g/mol. The van der Waals surface area contributed by atoms with Crippen LogP contribution in [0, 0.1) is 17.8 Å². The first-order valence-corrected chi connectivity index (χ1v) is 7.50. The van der Waals surface area contributed by atoms with Crippen LogP contribution in [0.1, 0.15) is 44.1 Å². The zero-order chi connectivity index (χ0) is 13.9. The Hall–Kier alpha value is 0.175. The van der Waals surface area contributed by atoms with Gasteiger partial charge in [-0.25, -0.2) is 4.39 Å². The second kappa shape index (κ2) is 8.15. The summed E-state index contributed by atoms with van der Waals surface area (Å²) in [5, 5.41) is 0. The minimum Gasteiger partial charge on any atom is -0.206 e. The third-order valence-corrected chi connectivity index (χ3v) is 4.51. The minimum atomic E-state index is -0.104. The van der Waals surface area contributed by atoms with Crippen LogP contribution in [0.4, 0.5) is 4.39 Å². The van der Waals surface area contributed by atoms with E-state index in [1.54, 1.807) is 6.07 Å². The summed E-state index contributed by atoms with van der Waals surface area (Å²) in [5.74, 6) is 1.27. The van der Waals surface area contributed by atoms with Gasteiger partial charge in [0, 0.05) is 0 Å².